The monoisotopic (exact) mass is 318 g/mol. The Balaban J connectivity index is 1.69. The number of hydrogen-bond acceptors (Lipinski definition) is 4. The average Bonchev–Trinajstić information content (AvgIpc) is 2.59. The molecular formula is C20H18N2O2. The topological polar surface area (TPSA) is 64.5 Å². The van der Waals surface area contributed by atoms with Gasteiger partial charge in [0.2, 0.25) is 0 Å². The van der Waals surface area contributed by atoms with E-state index < -0.39 is 0 Å². The van der Waals surface area contributed by atoms with Gasteiger partial charge in [-0.05, 0) is 36.4 Å². The van der Waals surface area contributed by atoms with Crippen molar-refractivity contribution in [3.8, 4) is 35.2 Å². The lowest BCUT2D eigenvalue weighted by Crippen LogP contribution is -1.98. The van der Waals surface area contributed by atoms with Gasteiger partial charge >= 0.3 is 0 Å². The van der Waals surface area contributed by atoms with E-state index in [0.717, 1.165) is 0 Å². The van der Waals surface area contributed by atoms with Crippen molar-refractivity contribution in [2.24, 2.45) is 0 Å². The first-order chi connectivity index (χ1) is 11.8. The van der Waals surface area contributed by atoms with Crippen molar-refractivity contribution in [3.63, 3.8) is 0 Å². The number of allylic oxidation sites excluding steroid dienone is 2. The number of nitrogens with one attached hydrogen (secondary N) is 2. The fourth-order valence-electron chi connectivity index (χ4n) is 1.83. The average molecular weight is 318 g/mol. The number of para-hydroxylation sites is 4. The highest BCUT2D eigenvalue weighted by atomic mass is 16.3. The normalized spacial score (nSPS) is 9.50. The minimum atomic E-state index is 0.206. The molecule has 0 amide bonds. The minimum Gasteiger partial charge on any atom is -0.506 e. The Morgan fingerprint density at radius 2 is 1.12 bits per heavy atom. The van der Waals surface area contributed by atoms with Gasteiger partial charge in [-0.3, -0.25) is 0 Å². The molecule has 0 unspecified atom stereocenters. The molecule has 0 spiro atoms. The zero-order chi connectivity index (χ0) is 17.0. The predicted molar refractivity (Wildman–Crippen MR) is 97.9 cm³/mol. The van der Waals surface area contributed by atoms with E-state index in [9.17, 15) is 10.2 Å². The maximum absolute atomic E-state index is 9.57. The van der Waals surface area contributed by atoms with Crippen LogP contribution in [0.5, 0.6) is 11.5 Å². The predicted octanol–water partition coefficient (Wildman–Crippen LogP) is 3.18. The second kappa shape index (κ2) is 9.50. The highest BCUT2D eigenvalue weighted by Crippen LogP contribution is 2.21. The summed E-state index contributed by atoms with van der Waals surface area (Å²) in [5, 5.41) is 25.2. The number of aromatic hydroxyl groups is 2. The van der Waals surface area contributed by atoms with E-state index in [1.807, 2.05) is 12.1 Å². The van der Waals surface area contributed by atoms with Crippen molar-refractivity contribution >= 4 is 11.4 Å². The van der Waals surface area contributed by atoms with Crippen molar-refractivity contribution < 1.29 is 10.2 Å². The van der Waals surface area contributed by atoms with Gasteiger partial charge in [0.1, 0.15) is 11.5 Å². The molecule has 4 N–H and O–H groups in total. The molecule has 0 aliphatic rings. The van der Waals surface area contributed by atoms with Gasteiger partial charge in [-0.2, -0.15) is 0 Å². The Morgan fingerprint density at radius 1 is 0.708 bits per heavy atom. The molecule has 0 atom stereocenters. The van der Waals surface area contributed by atoms with E-state index in [-0.39, 0.29) is 11.5 Å². The van der Waals surface area contributed by atoms with Crippen LogP contribution in [0.3, 0.4) is 0 Å². The van der Waals surface area contributed by atoms with Gasteiger partial charge in [0.15, 0.2) is 0 Å². The lowest BCUT2D eigenvalue weighted by molar-refractivity contribution is 0.477. The van der Waals surface area contributed by atoms with E-state index in [2.05, 4.69) is 34.3 Å². The van der Waals surface area contributed by atoms with Gasteiger partial charge in [0.05, 0.1) is 24.5 Å². The Bertz CT molecular complexity index is 751. The molecule has 2 aromatic carbocycles. The van der Waals surface area contributed by atoms with E-state index in [1.165, 1.54) is 0 Å². The SMILES string of the molecule is Oc1ccccc1NCC#CC=CC#CCNc1ccccc1O. The molecule has 0 aliphatic heterocycles. The summed E-state index contributed by atoms with van der Waals surface area (Å²) >= 11 is 0. The number of rotatable bonds is 4. The smallest absolute Gasteiger partial charge is 0.138 e. The summed E-state index contributed by atoms with van der Waals surface area (Å²) in [6, 6.07) is 14.0. The fourth-order valence-corrected chi connectivity index (χ4v) is 1.83. The van der Waals surface area contributed by atoms with Gasteiger partial charge in [-0.15, -0.1) is 0 Å². The summed E-state index contributed by atoms with van der Waals surface area (Å²) in [6.07, 6.45) is 3.33. The van der Waals surface area contributed by atoms with Crippen LogP contribution in [-0.4, -0.2) is 23.3 Å². The molecule has 0 saturated carbocycles. The van der Waals surface area contributed by atoms with Gasteiger partial charge in [0, 0.05) is 0 Å². The Labute approximate surface area is 141 Å². The first-order valence-electron chi connectivity index (χ1n) is 7.43. The van der Waals surface area contributed by atoms with Gasteiger partial charge in [0.25, 0.3) is 0 Å². The van der Waals surface area contributed by atoms with Gasteiger partial charge < -0.3 is 20.8 Å². The van der Waals surface area contributed by atoms with Crippen molar-refractivity contribution in [2.45, 2.75) is 0 Å². The number of hydrogen-bond donors (Lipinski definition) is 4. The number of phenolic OH excluding ortho intramolecular Hbond substituents is 2. The van der Waals surface area contributed by atoms with Crippen LogP contribution in [0.15, 0.2) is 60.7 Å². The Hall–Kier alpha value is -3.50. The molecule has 0 saturated heterocycles. The van der Waals surface area contributed by atoms with E-state index >= 15 is 0 Å². The Kier molecular flexibility index (Phi) is 6.68. The highest BCUT2D eigenvalue weighted by molar-refractivity contribution is 5.56. The molecule has 2 aromatic rings. The van der Waals surface area contributed by atoms with E-state index in [0.29, 0.717) is 24.5 Å². The lowest BCUT2D eigenvalue weighted by Gasteiger charge is -2.03. The fraction of sp³-hybridized carbons (Fsp3) is 0.100. The van der Waals surface area contributed by atoms with Crippen LogP contribution in [0.4, 0.5) is 11.4 Å². The summed E-state index contributed by atoms with van der Waals surface area (Å²) in [5.74, 6) is 11.9. The third kappa shape index (κ3) is 5.71. The molecular weight excluding hydrogens is 300 g/mol. The number of anilines is 2. The largest absolute Gasteiger partial charge is 0.506 e. The molecule has 2 rings (SSSR count). The third-order valence-corrected chi connectivity index (χ3v) is 3.00. The van der Waals surface area contributed by atoms with Crippen molar-refractivity contribution in [3.05, 3.63) is 60.7 Å². The van der Waals surface area contributed by atoms with Gasteiger partial charge in [-0.1, -0.05) is 47.9 Å². The zero-order valence-corrected chi connectivity index (χ0v) is 13.1. The maximum atomic E-state index is 9.57. The quantitative estimate of drug-likeness (QED) is 0.516. The maximum Gasteiger partial charge on any atom is 0.138 e. The summed E-state index contributed by atoms with van der Waals surface area (Å²) in [7, 11) is 0. The van der Waals surface area contributed by atoms with Crippen molar-refractivity contribution in [1.29, 1.82) is 0 Å². The molecule has 0 aliphatic carbocycles. The van der Waals surface area contributed by atoms with Crippen LogP contribution in [0, 0.1) is 23.7 Å². The number of phenols is 2. The third-order valence-electron chi connectivity index (χ3n) is 3.00. The molecule has 0 radical (unpaired) electrons. The first kappa shape index (κ1) is 16.9. The molecule has 0 fully saturated rings. The van der Waals surface area contributed by atoms with Gasteiger partial charge in [-0.25, -0.2) is 0 Å². The molecule has 0 heterocycles. The highest BCUT2D eigenvalue weighted by Gasteiger charge is 1.95. The van der Waals surface area contributed by atoms with Crippen LogP contribution < -0.4 is 10.6 Å². The molecule has 4 heteroatoms. The standard InChI is InChI=1S/C20H18N2O2/c23-19-13-7-5-11-17(19)21-15-9-3-1-2-4-10-16-22-18-12-6-8-14-20(18)24/h1-2,5-8,11-14,21-24H,15-16H2. The number of benzene rings is 2. The first-order valence-corrected chi connectivity index (χ1v) is 7.43. The van der Waals surface area contributed by atoms with Crippen LogP contribution in [-0.2, 0) is 0 Å². The zero-order valence-electron chi connectivity index (χ0n) is 13.1. The summed E-state index contributed by atoms with van der Waals surface area (Å²) in [6.45, 7) is 0.869. The molecule has 0 aromatic heterocycles. The van der Waals surface area contributed by atoms with Crippen LogP contribution in [0.2, 0.25) is 0 Å². The second-order valence-corrected chi connectivity index (χ2v) is 4.72. The summed E-state index contributed by atoms with van der Waals surface area (Å²) in [4.78, 5) is 0. The Morgan fingerprint density at radius 3 is 1.54 bits per heavy atom. The van der Waals surface area contributed by atoms with E-state index in [1.54, 1.807) is 48.6 Å². The van der Waals surface area contributed by atoms with Crippen molar-refractivity contribution in [2.75, 3.05) is 23.7 Å². The molecule has 4 nitrogen and oxygen atoms in total. The molecule has 0 bridgehead atoms. The molecule has 24 heavy (non-hydrogen) atoms. The van der Waals surface area contributed by atoms with Crippen LogP contribution >= 0.6 is 0 Å². The summed E-state index contributed by atoms with van der Waals surface area (Å²) < 4.78 is 0. The van der Waals surface area contributed by atoms with Crippen LogP contribution in [0.1, 0.15) is 0 Å². The molecule has 120 valence electrons. The van der Waals surface area contributed by atoms with Crippen LogP contribution in [0.25, 0.3) is 0 Å². The van der Waals surface area contributed by atoms with Crippen molar-refractivity contribution in [1.82, 2.24) is 0 Å². The van der Waals surface area contributed by atoms with E-state index in [4.69, 9.17) is 0 Å². The lowest BCUT2D eigenvalue weighted by atomic mass is 10.3. The second-order valence-electron chi connectivity index (χ2n) is 4.72. The minimum absolute atomic E-state index is 0.206. The summed E-state index contributed by atoms with van der Waals surface area (Å²) in [5.41, 5.74) is 1.32.